The number of rotatable bonds is 7. The molecule has 2 rings (SSSR count). The van der Waals surface area contributed by atoms with Crippen molar-refractivity contribution in [2.24, 2.45) is 0 Å². The third kappa shape index (κ3) is 3.54. The summed E-state index contributed by atoms with van der Waals surface area (Å²) in [6, 6.07) is 8.28. The van der Waals surface area contributed by atoms with E-state index in [2.05, 4.69) is 18.3 Å². The molecule has 0 aliphatic heterocycles. The van der Waals surface area contributed by atoms with E-state index >= 15 is 0 Å². The zero-order chi connectivity index (χ0) is 14.4. The molecule has 108 valence electrons. The number of furan rings is 1. The van der Waals surface area contributed by atoms with Gasteiger partial charge in [0.1, 0.15) is 0 Å². The Morgan fingerprint density at radius 3 is 2.60 bits per heavy atom. The Balaban J connectivity index is 1.88. The summed E-state index contributed by atoms with van der Waals surface area (Å²) in [7, 11) is 3.30. The van der Waals surface area contributed by atoms with Crippen LogP contribution >= 0.6 is 0 Å². The second kappa shape index (κ2) is 7.01. The van der Waals surface area contributed by atoms with Gasteiger partial charge in [-0.2, -0.15) is 0 Å². The highest BCUT2D eigenvalue weighted by Crippen LogP contribution is 2.27. The number of ether oxygens (including phenoxy) is 2. The van der Waals surface area contributed by atoms with E-state index in [0.717, 1.165) is 30.0 Å². The largest absolute Gasteiger partial charge is 0.493 e. The lowest BCUT2D eigenvalue weighted by atomic mass is 10.1. The highest BCUT2D eigenvalue weighted by Gasteiger charge is 2.07. The van der Waals surface area contributed by atoms with Gasteiger partial charge in [-0.1, -0.05) is 6.07 Å². The maximum atomic E-state index is 5.31. The number of hydrogen-bond acceptors (Lipinski definition) is 4. The van der Waals surface area contributed by atoms with Gasteiger partial charge in [-0.25, -0.2) is 0 Å². The molecule has 0 radical (unpaired) electrons. The minimum Gasteiger partial charge on any atom is -0.493 e. The molecule has 0 spiro atoms. The van der Waals surface area contributed by atoms with Crippen LogP contribution in [0.15, 0.2) is 41.2 Å². The average molecular weight is 275 g/mol. The molecule has 0 saturated heterocycles. The minimum absolute atomic E-state index is 0.286. The predicted molar refractivity (Wildman–Crippen MR) is 78.4 cm³/mol. The first-order valence-electron chi connectivity index (χ1n) is 6.71. The molecule has 4 nitrogen and oxygen atoms in total. The van der Waals surface area contributed by atoms with Crippen LogP contribution < -0.4 is 14.8 Å². The second-order valence-electron chi connectivity index (χ2n) is 4.67. The fourth-order valence-electron chi connectivity index (χ4n) is 2.11. The van der Waals surface area contributed by atoms with Crippen molar-refractivity contribution >= 4 is 0 Å². The lowest BCUT2D eigenvalue weighted by molar-refractivity contribution is 0.354. The van der Waals surface area contributed by atoms with Gasteiger partial charge in [0.15, 0.2) is 11.5 Å². The highest BCUT2D eigenvalue weighted by molar-refractivity contribution is 5.42. The van der Waals surface area contributed by atoms with Crippen molar-refractivity contribution in [3.05, 3.63) is 47.9 Å². The zero-order valence-corrected chi connectivity index (χ0v) is 12.2. The van der Waals surface area contributed by atoms with E-state index in [4.69, 9.17) is 13.9 Å². The second-order valence-corrected chi connectivity index (χ2v) is 4.67. The zero-order valence-electron chi connectivity index (χ0n) is 12.2. The summed E-state index contributed by atoms with van der Waals surface area (Å²) in [5.41, 5.74) is 2.38. The van der Waals surface area contributed by atoms with Crippen LogP contribution in [-0.2, 0) is 6.42 Å². The molecule has 0 fully saturated rings. The van der Waals surface area contributed by atoms with Gasteiger partial charge in [0.25, 0.3) is 0 Å². The van der Waals surface area contributed by atoms with E-state index in [1.54, 1.807) is 26.7 Å². The van der Waals surface area contributed by atoms with Gasteiger partial charge >= 0.3 is 0 Å². The molecule has 4 heteroatoms. The van der Waals surface area contributed by atoms with E-state index in [-0.39, 0.29) is 6.04 Å². The average Bonchev–Trinajstić information content (AvgIpc) is 3.01. The van der Waals surface area contributed by atoms with Gasteiger partial charge in [-0.15, -0.1) is 0 Å². The van der Waals surface area contributed by atoms with Gasteiger partial charge < -0.3 is 19.2 Å². The monoisotopic (exact) mass is 275 g/mol. The Labute approximate surface area is 119 Å². The first-order chi connectivity index (χ1) is 9.74. The van der Waals surface area contributed by atoms with E-state index < -0.39 is 0 Å². The van der Waals surface area contributed by atoms with Crippen LogP contribution in [0.1, 0.15) is 24.1 Å². The quantitative estimate of drug-likeness (QED) is 0.842. The number of hydrogen-bond donors (Lipinski definition) is 1. The van der Waals surface area contributed by atoms with Crippen molar-refractivity contribution in [2.45, 2.75) is 19.4 Å². The van der Waals surface area contributed by atoms with Crippen molar-refractivity contribution in [3.8, 4) is 11.5 Å². The van der Waals surface area contributed by atoms with E-state index in [0.29, 0.717) is 0 Å². The van der Waals surface area contributed by atoms with Crippen LogP contribution in [-0.4, -0.2) is 20.8 Å². The Morgan fingerprint density at radius 1 is 1.15 bits per heavy atom. The molecular formula is C16H21NO3. The molecule has 0 amide bonds. The molecule has 1 atom stereocenters. The molecule has 2 aromatic rings. The van der Waals surface area contributed by atoms with Crippen LogP contribution in [0.2, 0.25) is 0 Å². The topological polar surface area (TPSA) is 43.6 Å². The van der Waals surface area contributed by atoms with Crippen molar-refractivity contribution in [3.63, 3.8) is 0 Å². The number of benzene rings is 1. The van der Waals surface area contributed by atoms with Crippen LogP contribution in [0.3, 0.4) is 0 Å². The van der Waals surface area contributed by atoms with E-state index in [9.17, 15) is 0 Å². The Bertz CT molecular complexity index is 523. The Morgan fingerprint density at radius 2 is 1.95 bits per heavy atom. The van der Waals surface area contributed by atoms with Gasteiger partial charge in [-0.05, 0) is 43.7 Å². The SMILES string of the molecule is COc1ccc(CCNC(C)c2ccoc2)cc1OC. The summed E-state index contributed by atoms with van der Waals surface area (Å²) in [6.45, 7) is 3.02. The molecular weight excluding hydrogens is 254 g/mol. The molecule has 0 aliphatic carbocycles. The summed E-state index contributed by atoms with van der Waals surface area (Å²) in [6.07, 6.45) is 4.40. The van der Waals surface area contributed by atoms with Crippen LogP contribution in [0.5, 0.6) is 11.5 Å². The lowest BCUT2D eigenvalue weighted by Gasteiger charge is -2.13. The molecule has 0 aliphatic rings. The molecule has 1 N–H and O–H groups in total. The third-order valence-corrected chi connectivity index (χ3v) is 3.36. The smallest absolute Gasteiger partial charge is 0.160 e. The molecule has 1 heterocycles. The maximum Gasteiger partial charge on any atom is 0.160 e. The van der Waals surface area contributed by atoms with Crippen molar-refractivity contribution < 1.29 is 13.9 Å². The normalized spacial score (nSPS) is 12.2. The van der Waals surface area contributed by atoms with Gasteiger partial charge in [-0.3, -0.25) is 0 Å². The maximum absolute atomic E-state index is 5.31. The predicted octanol–water partition coefficient (Wildman–Crippen LogP) is 3.19. The van der Waals surface area contributed by atoms with Gasteiger partial charge in [0.05, 0.1) is 26.7 Å². The Kier molecular flexibility index (Phi) is 5.07. The van der Waals surface area contributed by atoms with Gasteiger partial charge in [0.2, 0.25) is 0 Å². The fraction of sp³-hybridized carbons (Fsp3) is 0.375. The molecule has 0 saturated carbocycles. The molecule has 20 heavy (non-hydrogen) atoms. The molecule has 1 aromatic heterocycles. The fourth-order valence-corrected chi connectivity index (χ4v) is 2.11. The standard InChI is InChI=1S/C16H21NO3/c1-12(14-7-9-20-11-14)17-8-6-13-4-5-15(18-2)16(10-13)19-3/h4-5,7,9-12,17H,6,8H2,1-3H3. The third-order valence-electron chi connectivity index (χ3n) is 3.36. The number of methoxy groups -OCH3 is 2. The van der Waals surface area contributed by atoms with Crippen molar-refractivity contribution in [1.29, 1.82) is 0 Å². The first kappa shape index (κ1) is 14.5. The highest BCUT2D eigenvalue weighted by atomic mass is 16.5. The molecule has 1 unspecified atom stereocenters. The molecule has 1 aromatic carbocycles. The van der Waals surface area contributed by atoms with Crippen molar-refractivity contribution in [2.75, 3.05) is 20.8 Å². The van der Waals surface area contributed by atoms with Crippen LogP contribution in [0, 0.1) is 0 Å². The summed E-state index contributed by atoms with van der Waals surface area (Å²) in [5, 5.41) is 3.47. The Hall–Kier alpha value is -1.94. The van der Waals surface area contributed by atoms with E-state index in [1.165, 1.54) is 5.56 Å². The summed E-state index contributed by atoms with van der Waals surface area (Å²) in [5.74, 6) is 1.53. The van der Waals surface area contributed by atoms with Crippen molar-refractivity contribution in [1.82, 2.24) is 5.32 Å². The lowest BCUT2D eigenvalue weighted by Crippen LogP contribution is -2.20. The van der Waals surface area contributed by atoms with Crippen LogP contribution in [0.4, 0.5) is 0 Å². The van der Waals surface area contributed by atoms with Gasteiger partial charge in [0, 0.05) is 11.6 Å². The molecule has 0 bridgehead atoms. The van der Waals surface area contributed by atoms with E-state index in [1.807, 2.05) is 18.2 Å². The summed E-state index contributed by atoms with van der Waals surface area (Å²) >= 11 is 0. The minimum atomic E-state index is 0.286. The number of nitrogens with one attached hydrogen (secondary N) is 1. The summed E-state index contributed by atoms with van der Waals surface area (Å²) in [4.78, 5) is 0. The van der Waals surface area contributed by atoms with Crippen LogP contribution in [0.25, 0.3) is 0 Å². The first-order valence-corrected chi connectivity index (χ1v) is 6.71. The summed E-state index contributed by atoms with van der Waals surface area (Å²) < 4.78 is 15.6.